The summed E-state index contributed by atoms with van der Waals surface area (Å²) in [5.41, 5.74) is 0. The maximum Gasteiger partial charge on any atom is 0.133 e. The molecular formula is C14H21N3O2. The number of aryl methyl sites for hydroxylation is 1. The number of aliphatic hydroxyl groups is 1. The molecule has 2 heterocycles. The summed E-state index contributed by atoms with van der Waals surface area (Å²) >= 11 is 0. The third kappa shape index (κ3) is 3.68. The highest BCUT2D eigenvalue weighted by Gasteiger charge is 2.19. The lowest BCUT2D eigenvalue weighted by Crippen LogP contribution is -2.26. The van der Waals surface area contributed by atoms with E-state index in [0.717, 1.165) is 31.0 Å². The summed E-state index contributed by atoms with van der Waals surface area (Å²) in [7, 11) is 1.97. The Morgan fingerprint density at radius 2 is 2.37 bits per heavy atom. The van der Waals surface area contributed by atoms with Crippen molar-refractivity contribution in [2.75, 3.05) is 6.54 Å². The number of rotatable bonds is 7. The predicted molar refractivity (Wildman–Crippen MR) is 72.7 cm³/mol. The summed E-state index contributed by atoms with van der Waals surface area (Å²) in [6, 6.07) is 3.77. The van der Waals surface area contributed by atoms with Crippen molar-refractivity contribution < 1.29 is 9.52 Å². The lowest BCUT2D eigenvalue weighted by molar-refractivity contribution is 0.181. The van der Waals surface area contributed by atoms with E-state index in [2.05, 4.69) is 10.3 Å². The molecule has 0 bridgehead atoms. The quantitative estimate of drug-likeness (QED) is 0.748. The van der Waals surface area contributed by atoms with E-state index in [9.17, 15) is 5.11 Å². The SMILES string of the molecule is CC(O)CCCNC(c1ccco1)c1nccn1C. The van der Waals surface area contributed by atoms with Gasteiger partial charge in [0, 0.05) is 19.4 Å². The first-order chi connectivity index (χ1) is 9.18. The highest BCUT2D eigenvalue weighted by Crippen LogP contribution is 2.20. The average Bonchev–Trinajstić information content (AvgIpc) is 3.01. The fourth-order valence-electron chi connectivity index (χ4n) is 2.07. The molecule has 5 nitrogen and oxygen atoms in total. The van der Waals surface area contributed by atoms with Gasteiger partial charge in [0.25, 0.3) is 0 Å². The Balaban J connectivity index is 2.02. The van der Waals surface area contributed by atoms with Crippen molar-refractivity contribution in [2.45, 2.75) is 31.9 Å². The molecule has 0 fully saturated rings. The Kier molecular flexibility index (Phi) is 4.76. The molecule has 2 atom stereocenters. The number of nitrogens with one attached hydrogen (secondary N) is 1. The van der Waals surface area contributed by atoms with Gasteiger partial charge in [-0.05, 0) is 38.4 Å². The summed E-state index contributed by atoms with van der Waals surface area (Å²) in [4.78, 5) is 4.38. The molecule has 0 aliphatic rings. The van der Waals surface area contributed by atoms with Crippen molar-refractivity contribution in [1.29, 1.82) is 0 Å². The van der Waals surface area contributed by atoms with Gasteiger partial charge < -0.3 is 19.4 Å². The molecule has 0 radical (unpaired) electrons. The van der Waals surface area contributed by atoms with Gasteiger partial charge in [-0.15, -0.1) is 0 Å². The van der Waals surface area contributed by atoms with Crippen molar-refractivity contribution in [1.82, 2.24) is 14.9 Å². The van der Waals surface area contributed by atoms with Crippen LogP contribution in [0.5, 0.6) is 0 Å². The predicted octanol–water partition coefficient (Wildman–Crippen LogP) is 1.85. The van der Waals surface area contributed by atoms with E-state index in [1.807, 2.05) is 36.9 Å². The van der Waals surface area contributed by atoms with Crippen LogP contribution in [0.2, 0.25) is 0 Å². The molecule has 2 aromatic rings. The normalized spacial score (nSPS) is 14.5. The lowest BCUT2D eigenvalue weighted by Gasteiger charge is -2.16. The van der Waals surface area contributed by atoms with Crippen LogP contribution in [0.3, 0.4) is 0 Å². The number of aliphatic hydroxyl groups excluding tert-OH is 1. The molecule has 0 aliphatic heterocycles. The lowest BCUT2D eigenvalue weighted by atomic mass is 10.1. The molecule has 0 saturated carbocycles. The molecule has 104 valence electrons. The number of nitrogens with zero attached hydrogens (tertiary/aromatic N) is 2. The summed E-state index contributed by atoms with van der Waals surface area (Å²) in [5, 5.41) is 12.7. The van der Waals surface area contributed by atoms with Crippen LogP contribution in [0.25, 0.3) is 0 Å². The first-order valence-corrected chi connectivity index (χ1v) is 6.60. The van der Waals surface area contributed by atoms with Gasteiger partial charge >= 0.3 is 0 Å². The monoisotopic (exact) mass is 263 g/mol. The van der Waals surface area contributed by atoms with Crippen LogP contribution in [-0.2, 0) is 7.05 Å². The largest absolute Gasteiger partial charge is 0.467 e. The minimum absolute atomic E-state index is 0.0519. The van der Waals surface area contributed by atoms with Crippen molar-refractivity contribution in [3.05, 3.63) is 42.4 Å². The first-order valence-electron chi connectivity index (χ1n) is 6.60. The summed E-state index contributed by atoms with van der Waals surface area (Å²) < 4.78 is 7.47. The van der Waals surface area contributed by atoms with Crippen LogP contribution < -0.4 is 5.32 Å². The molecule has 2 N–H and O–H groups in total. The van der Waals surface area contributed by atoms with Gasteiger partial charge in [0.1, 0.15) is 17.6 Å². The van der Waals surface area contributed by atoms with Crippen LogP contribution in [0.15, 0.2) is 35.2 Å². The van der Waals surface area contributed by atoms with Crippen LogP contribution in [-0.4, -0.2) is 27.3 Å². The second-order valence-electron chi connectivity index (χ2n) is 4.79. The van der Waals surface area contributed by atoms with Gasteiger partial charge in [-0.1, -0.05) is 0 Å². The van der Waals surface area contributed by atoms with E-state index < -0.39 is 0 Å². The molecule has 2 rings (SSSR count). The minimum atomic E-state index is -0.253. The van der Waals surface area contributed by atoms with Gasteiger partial charge in [0.05, 0.1) is 12.4 Å². The van der Waals surface area contributed by atoms with Gasteiger partial charge in [0.15, 0.2) is 0 Å². The Morgan fingerprint density at radius 3 is 2.95 bits per heavy atom. The Bertz CT molecular complexity index is 477. The fourth-order valence-corrected chi connectivity index (χ4v) is 2.07. The second-order valence-corrected chi connectivity index (χ2v) is 4.79. The number of furan rings is 1. The van der Waals surface area contributed by atoms with Crippen LogP contribution in [0.4, 0.5) is 0 Å². The van der Waals surface area contributed by atoms with Gasteiger partial charge in [-0.3, -0.25) is 0 Å². The van der Waals surface area contributed by atoms with Crippen LogP contribution >= 0.6 is 0 Å². The van der Waals surface area contributed by atoms with E-state index in [1.54, 1.807) is 12.5 Å². The Labute approximate surface area is 113 Å². The molecular weight excluding hydrogens is 242 g/mol. The molecule has 0 aromatic carbocycles. The smallest absolute Gasteiger partial charge is 0.133 e. The number of hydrogen-bond donors (Lipinski definition) is 2. The Hall–Kier alpha value is -1.59. The van der Waals surface area contributed by atoms with E-state index >= 15 is 0 Å². The molecule has 0 saturated heterocycles. The third-order valence-electron chi connectivity index (χ3n) is 3.09. The highest BCUT2D eigenvalue weighted by atomic mass is 16.3. The first kappa shape index (κ1) is 13.8. The second kappa shape index (κ2) is 6.54. The molecule has 5 heteroatoms. The van der Waals surface area contributed by atoms with Gasteiger partial charge in [0.2, 0.25) is 0 Å². The van der Waals surface area contributed by atoms with Crippen molar-refractivity contribution >= 4 is 0 Å². The van der Waals surface area contributed by atoms with Crippen molar-refractivity contribution in [2.24, 2.45) is 7.05 Å². The number of imidazole rings is 1. The Morgan fingerprint density at radius 1 is 1.53 bits per heavy atom. The molecule has 19 heavy (non-hydrogen) atoms. The van der Waals surface area contributed by atoms with Crippen LogP contribution in [0, 0.1) is 0 Å². The molecule has 0 aliphatic carbocycles. The maximum atomic E-state index is 9.27. The zero-order valence-electron chi connectivity index (χ0n) is 11.4. The highest BCUT2D eigenvalue weighted by molar-refractivity contribution is 5.15. The number of hydrogen-bond acceptors (Lipinski definition) is 4. The van der Waals surface area contributed by atoms with E-state index in [0.29, 0.717) is 0 Å². The zero-order chi connectivity index (χ0) is 13.7. The summed E-state index contributed by atoms with van der Waals surface area (Å²) in [5.74, 6) is 1.78. The van der Waals surface area contributed by atoms with E-state index in [-0.39, 0.29) is 12.1 Å². The zero-order valence-corrected chi connectivity index (χ0v) is 11.4. The molecule has 2 aromatic heterocycles. The molecule has 0 amide bonds. The average molecular weight is 263 g/mol. The van der Waals surface area contributed by atoms with Crippen molar-refractivity contribution in [3.8, 4) is 0 Å². The van der Waals surface area contributed by atoms with Crippen LogP contribution in [0.1, 0.15) is 37.4 Å². The number of aromatic nitrogens is 2. The fraction of sp³-hybridized carbons (Fsp3) is 0.500. The van der Waals surface area contributed by atoms with Crippen molar-refractivity contribution in [3.63, 3.8) is 0 Å². The topological polar surface area (TPSA) is 63.2 Å². The third-order valence-corrected chi connectivity index (χ3v) is 3.09. The van der Waals surface area contributed by atoms with Gasteiger partial charge in [-0.2, -0.15) is 0 Å². The molecule has 2 unspecified atom stereocenters. The maximum absolute atomic E-state index is 9.27. The standard InChI is InChI=1S/C14H21N3O2/c1-11(18)5-3-7-15-13(12-6-4-10-19-12)14-16-8-9-17(14)2/h4,6,8-11,13,15,18H,3,5,7H2,1-2H3. The van der Waals surface area contributed by atoms with E-state index in [1.165, 1.54) is 0 Å². The van der Waals surface area contributed by atoms with E-state index in [4.69, 9.17) is 4.42 Å². The summed E-state index contributed by atoms with van der Waals surface area (Å²) in [6.45, 7) is 2.62. The summed E-state index contributed by atoms with van der Waals surface area (Å²) in [6.07, 6.45) is 6.82. The minimum Gasteiger partial charge on any atom is -0.467 e. The van der Waals surface area contributed by atoms with Gasteiger partial charge in [-0.25, -0.2) is 4.98 Å². The molecule has 0 spiro atoms.